The summed E-state index contributed by atoms with van der Waals surface area (Å²) in [6.45, 7) is 7.69. The van der Waals surface area contributed by atoms with Crippen molar-refractivity contribution in [2.24, 2.45) is 17.6 Å². The summed E-state index contributed by atoms with van der Waals surface area (Å²) in [7, 11) is 0. The van der Waals surface area contributed by atoms with Gasteiger partial charge in [-0.15, -0.1) is 0 Å². The summed E-state index contributed by atoms with van der Waals surface area (Å²) in [6, 6.07) is -0.161. The predicted octanol–water partition coefficient (Wildman–Crippen LogP) is 0.103. The summed E-state index contributed by atoms with van der Waals surface area (Å²) >= 11 is 0. The van der Waals surface area contributed by atoms with Crippen molar-refractivity contribution in [3.05, 3.63) is 0 Å². The third kappa shape index (κ3) is 4.58. The Hall–Kier alpha value is -0.610. The van der Waals surface area contributed by atoms with E-state index in [1.165, 1.54) is 0 Å². The van der Waals surface area contributed by atoms with Gasteiger partial charge in [0.05, 0.1) is 6.10 Å². The lowest BCUT2D eigenvalue weighted by Gasteiger charge is -2.19. The van der Waals surface area contributed by atoms with Crippen LogP contribution >= 0.6 is 0 Å². The van der Waals surface area contributed by atoms with Crippen LogP contribution in [-0.2, 0) is 4.79 Å². The van der Waals surface area contributed by atoms with Gasteiger partial charge in [0.25, 0.3) is 0 Å². The van der Waals surface area contributed by atoms with Crippen molar-refractivity contribution in [3.63, 3.8) is 0 Å². The van der Waals surface area contributed by atoms with Crippen LogP contribution in [0, 0.1) is 11.8 Å². The average Bonchev–Trinajstić information content (AvgIpc) is 2.11. The summed E-state index contributed by atoms with van der Waals surface area (Å²) in [5.74, 6) is -0.157. The summed E-state index contributed by atoms with van der Waals surface area (Å²) in [4.78, 5) is 11.4. The first-order valence-electron chi connectivity index (χ1n) is 5.07. The molecule has 0 aliphatic heterocycles. The van der Waals surface area contributed by atoms with Gasteiger partial charge in [-0.1, -0.05) is 20.8 Å². The van der Waals surface area contributed by atoms with Gasteiger partial charge in [-0.3, -0.25) is 4.79 Å². The second-order valence-corrected chi connectivity index (χ2v) is 4.20. The van der Waals surface area contributed by atoms with Crippen molar-refractivity contribution >= 4 is 5.91 Å². The Morgan fingerprint density at radius 3 is 2.21 bits per heavy atom. The third-order valence-electron chi connectivity index (χ3n) is 2.46. The number of nitrogens with one attached hydrogen (secondary N) is 1. The van der Waals surface area contributed by atoms with Crippen LogP contribution in [0.15, 0.2) is 0 Å². The van der Waals surface area contributed by atoms with Gasteiger partial charge < -0.3 is 16.2 Å². The molecular weight excluding hydrogens is 180 g/mol. The maximum absolute atomic E-state index is 11.4. The highest BCUT2D eigenvalue weighted by molar-refractivity contribution is 5.78. The Kier molecular flexibility index (Phi) is 5.72. The normalized spacial score (nSPS) is 17.6. The molecule has 3 atom stereocenters. The molecule has 0 saturated heterocycles. The lowest BCUT2D eigenvalue weighted by Crippen LogP contribution is -2.42. The molecule has 0 aromatic rings. The largest absolute Gasteiger partial charge is 0.391 e. The zero-order valence-electron chi connectivity index (χ0n) is 9.45. The molecule has 14 heavy (non-hydrogen) atoms. The van der Waals surface area contributed by atoms with Gasteiger partial charge >= 0.3 is 0 Å². The number of aliphatic hydroxyl groups is 1. The Morgan fingerprint density at radius 1 is 1.36 bits per heavy atom. The summed E-state index contributed by atoms with van der Waals surface area (Å²) in [5.41, 5.74) is 5.58. The van der Waals surface area contributed by atoms with Crippen molar-refractivity contribution < 1.29 is 9.90 Å². The van der Waals surface area contributed by atoms with Crippen molar-refractivity contribution in [1.82, 2.24) is 5.32 Å². The monoisotopic (exact) mass is 202 g/mol. The molecule has 0 spiro atoms. The molecule has 84 valence electrons. The van der Waals surface area contributed by atoms with E-state index in [2.05, 4.69) is 5.32 Å². The molecule has 3 unspecified atom stereocenters. The number of amides is 1. The van der Waals surface area contributed by atoms with E-state index in [4.69, 9.17) is 5.73 Å². The van der Waals surface area contributed by atoms with Crippen molar-refractivity contribution in [2.45, 2.75) is 39.8 Å². The Morgan fingerprint density at radius 2 is 1.86 bits per heavy atom. The summed E-state index contributed by atoms with van der Waals surface area (Å²) in [5, 5.41) is 12.1. The fourth-order valence-corrected chi connectivity index (χ4v) is 0.841. The smallest absolute Gasteiger partial charge is 0.224 e. The molecule has 4 N–H and O–H groups in total. The Bertz CT molecular complexity index is 181. The quantitative estimate of drug-likeness (QED) is 0.592. The van der Waals surface area contributed by atoms with Gasteiger partial charge in [0, 0.05) is 18.5 Å². The molecule has 0 aliphatic rings. The van der Waals surface area contributed by atoms with Crippen LogP contribution in [0.3, 0.4) is 0 Å². The molecule has 0 radical (unpaired) electrons. The number of rotatable bonds is 5. The van der Waals surface area contributed by atoms with Crippen LogP contribution in [0.4, 0.5) is 0 Å². The van der Waals surface area contributed by atoms with Crippen LogP contribution in [0.25, 0.3) is 0 Å². The van der Waals surface area contributed by atoms with E-state index in [1.807, 2.05) is 13.8 Å². The van der Waals surface area contributed by atoms with Gasteiger partial charge in [-0.2, -0.15) is 0 Å². The highest BCUT2D eigenvalue weighted by Crippen LogP contribution is 2.02. The predicted molar refractivity (Wildman–Crippen MR) is 56.7 cm³/mol. The highest BCUT2D eigenvalue weighted by Gasteiger charge is 2.18. The van der Waals surface area contributed by atoms with Gasteiger partial charge in [-0.05, 0) is 12.8 Å². The summed E-state index contributed by atoms with van der Waals surface area (Å²) < 4.78 is 0. The average molecular weight is 202 g/mol. The van der Waals surface area contributed by atoms with Gasteiger partial charge in [-0.25, -0.2) is 0 Å². The molecule has 0 aromatic carbocycles. The van der Waals surface area contributed by atoms with Gasteiger partial charge in [0.15, 0.2) is 0 Å². The van der Waals surface area contributed by atoms with Gasteiger partial charge in [0.2, 0.25) is 5.91 Å². The lowest BCUT2D eigenvalue weighted by molar-refractivity contribution is -0.125. The fourth-order valence-electron chi connectivity index (χ4n) is 0.841. The number of nitrogens with two attached hydrogens (primary N) is 1. The Labute approximate surface area is 85.9 Å². The second kappa shape index (κ2) is 5.98. The topological polar surface area (TPSA) is 75.3 Å². The number of carbonyl (C=O) groups is 1. The molecule has 1 amide bonds. The second-order valence-electron chi connectivity index (χ2n) is 4.20. The SMILES string of the molecule is CC(C)C(O)CNC(=O)C(C)C(C)N. The minimum absolute atomic E-state index is 0.0975. The van der Waals surface area contributed by atoms with E-state index in [9.17, 15) is 9.90 Å². The first-order valence-corrected chi connectivity index (χ1v) is 5.07. The highest BCUT2D eigenvalue weighted by atomic mass is 16.3. The van der Waals surface area contributed by atoms with E-state index in [-0.39, 0.29) is 23.8 Å². The number of hydrogen-bond donors (Lipinski definition) is 3. The zero-order valence-corrected chi connectivity index (χ0v) is 9.45. The molecule has 4 heteroatoms. The lowest BCUT2D eigenvalue weighted by atomic mass is 10.0. The first kappa shape index (κ1) is 13.4. The van der Waals surface area contributed by atoms with E-state index in [0.717, 1.165) is 0 Å². The van der Waals surface area contributed by atoms with Crippen LogP contribution in [0.1, 0.15) is 27.7 Å². The third-order valence-corrected chi connectivity index (χ3v) is 2.46. The van der Waals surface area contributed by atoms with Crippen LogP contribution in [-0.4, -0.2) is 29.7 Å². The molecule has 0 aliphatic carbocycles. The minimum Gasteiger partial charge on any atom is -0.391 e. The molecule has 0 bridgehead atoms. The molecule has 0 saturated carbocycles. The number of hydrogen-bond acceptors (Lipinski definition) is 3. The van der Waals surface area contributed by atoms with E-state index in [0.29, 0.717) is 6.54 Å². The van der Waals surface area contributed by atoms with Crippen LogP contribution < -0.4 is 11.1 Å². The molecule has 0 fully saturated rings. The van der Waals surface area contributed by atoms with Crippen LogP contribution in [0.5, 0.6) is 0 Å². The fraction of sp³-hybridized carbons (Fsp3) is 0.900. The molecule has 0 rings (SSSR count). The van der Waals surface area contributed by atoms with Crippen LogP contribution in [0.2, 0.25) is 0 Å². The molecule has 4 nitrogen and oxygen atoms in total. The van der Waals surface area contributed by atoms with E-state index >= 15 is 0 Å². The molecular formula is C10H22N2O2. The summed E-state index contributed by atoms with van der Waals surface area (Å²) in [6.07, 6.45) is -0.487. The zero-order chi connectivity index (χ0) is 11.3. The molecule has 0 aromatic heterocycles. The Balaban J connectivity index is 3.85. The van der Waals surface area contributed by atoms with Crippen molar-refractivity contribution in [3.8, 4) is 0 Å². The van der Waals surface area contributed by atoms with Crippen molar-refractivity contribution in [1.29, 1.82) is 0 Å². The maximum Gasteiger partial charge on any atom is 0.224 e. The standard InChI is InChI=1S/C10H22N2O2/c1-6(2)9(13)5-12-10(14)7(3)8(4)11/h6-9,13H,5,11H2,1-4H3,(H,12,14). The maximum atomic E-state index is 11.4. The van der Waals surface area contributed by atoms with Crippen molar-refractivity contribution in [2.75, 3.05) is 6.54 Å². The van der Waals surface area contributed by atoms with E-state index < -0.39 is 6.10 Å². The first-order chi connectivity index (χ1) is 6.36. The number of carbonyl (C=O) groups excluding carboxylic acids is 1. The van der Waals surface area contributed by atoms with Gasteiger partial charge in [0.1, 0.15) is 0 Å². The minimum atomic E-state index is -0.487. The number of aliphatic hydroxyl groups excluding tert-OH is 1. The molecule has 0 heterocycles. The van der Waals surface area contributed by atoms with E-state index in [1.54, 1.807) is 13.8 Å².